The lowest BCUT2D eigenvalue weighted by Crippen LogP contribution is -2.04. The molecule has 0 amide bonds. The summed E-state index contributed by atoms with van der Waals surface area (Å²) >= 11 is 6.29. The normalized spacial score (nSPS) is 11.4. The van der Waals surface area contributed by atoms with E-state index in [1.807, 2.05) is 0 Å². The number of aryl methyl sites for hydroxylation is 2. The van der Waals surface area contributed by atoms with Gasteiger partial charge < -0.3 is 0 Å². The van der Waals surface area contributed by atoms with Crippen LogP contribution in [0, 0.1) is 0 Å². The Kier molecular flexibility index (Phi) is 14.4. The first kappa shape index (κ1) is 30.7. The van der Waals surface area contributed by atoms with Gasteiger partial charge in [0.05, 0.1) is 0 Å². The monoisotopic (exact) mass is 530 g/mol. The van der Waals surface area contributed by atoms with Crippen LogP contribution in [-0.4, -0.2) is 11.5 Å². The third kappa shape index (κ3) is 7.74. The first-order chi connectivity index (χ1) is 17.0. The number of hydrogen-bond donors (Lipinski definition) is 0. The molecule has 0 bridgehead atoms. The third-order valence-corrected chi connectivity index (χ3v) is 10.7. The van der Waals surface area contributed by atoms with E-state index in [4.69, 9.17) is 0 Å². The van der Waals surface area contributed by atoms with Crippen LogP contribution in [-0.2, 0) is 38.5 Å². The van der Waals surface area contributed by atoms with Crippen LogP contribution in [0.5, 0.6) is 0 Å². The van der Waals surface area contributed by atoms with E-state index in [0.29, 0.717) is 0 Å². The van der Waals surface area contributed by atoms with E-state index in [-0.39, 0.29) is 0 Å². The van der Waals surface area contributed by atoms with Crippen molar-refractivity contribution in [3.63, 3.8) is 0 Å². The van der Waals surface area contributed by atoms with Crippen LogP contribution >= 0.6 is 35.3 Å². The van der Waals surface area contributed by atoms with Crippen molar-refractivity contribution in [3.05, 3.63) is 45.5 Å². The fourth-order valence-corrected chi connectivity index (χ4v) is 9.28. The lowest BCUT2D eigenvalue weighted by Gasteiger charge is -2.23. The molecular weight excluding hydrogens is 481 g/mol. The second-order valence-electron chi connectivity index (χ2n) is 9.27. The van der Waals surface area contributed by atoms with Crippen molar-refractivity contribution >= 4 is 35.3 Å². The van der Waals surface area contributed by atoms with Crippen LogP contribution in [0.15, 0.2) is 31.7 Å². The Labute approximate surface area is 230 Å². The van der Waals surface area contributed by atoms with Gasteiger partial charge in [-0.15, -0.1) is 23.5 Å². The topological polar surface area (TPSA) is 0 Å². The van der Waals surface area contributed by atoms with Crippen LogP contribution in [0.1, 0.15) is 114 Å². The molecule has 2 rings (SSSR count). The van der Waals surface area contributed by atoms with Gasteiger partial charge in [0, 0.05) is 19.6 Å². The summed E-state index contributed by atoms with van der Waals surface area (Å²) in [4.78, 5) is 6.19. The van der Waals surface area contributed by atoms with Crippen molar-refractivity contribution in [1.82, 2.24) is 0 Å². The molecule has 0 aliphatic carbocycles. The summed E-state index contributed by atoms with van der Waals surface area (Å²) in [5, 5.41) is 0. The Morgan fingerprint density at radius 2 is 0.857 bits per heavy atom. The Morgan fingerprint density at radius 3 is 1.14 bits per heavy atom. The summed E-state index contributed by atoms with van der Waals surface area (Å²) in [6, 6.07) is 5.11. The molecule has 35 heavy (non-hydrogen) atoms. The van der Waals surface area contributed by atoms with Crippen LogP contribution in [0.25, 0.3) is 0 Å². The molecule has 0 saturated carbocycles. The Balaban J connectivity index is 2.62. The minimum absolute atomic E-state index is 1.12. The maximum atomic E-state index is 2.55. The van der Waals surface area contributed by atoms with Crippen molar-refractivity contribution < 1.29 is 0 Å². The minimum Gasteiger partial charge on any atom is -0.126 e. The molecule has 0 aliphatic rings. The molecule has 0 aliphatic heterocycles. The average Bonchev–Trinajstić information content (AvgIpc) is 2.88. The molecule has 3 heteroatoms. The quantitative estimate of drug-likeness (QED) is 0.156. The summed E-state index contributed by atoms with van der Waals surface area (Å²) in [6.07, 6.45) is 11.9. The third-order valence-electron chi connectivity index (χ3n) is 6.95. The van der Waals surface area contributed by atoms with Crippen LogP contribution in [0.3, 0.4) is 0 Å². The molecule has 0 fully saturated rings. The predicted octanol–water partition coefficient (Wildman–Crippen LogP) is 11.0. The highest BCUT2D eigenvalue weighted by atomic mass is 32.2. The molecule has 0 N–H and O–H groups in total. The van der Waals surface area contributed by atoms with Gasteiger partial charge >= 0.3 is 0 Å². The predicted molar refractivity (Wildman–Crippen MR) is 165 cm³/mol. The van der Waals surface area contributed by atoms with E-state index in [0.717, 1.165) is 38.5 Å². The molecule has 0 unspecified atom stereocenters. The van der Waals surface area contributed by atoms with Crippen molar-refractivity contribution in [2.75, 3.05) is 11.5 Å². The van der Waals surface area contributed by atoms with Gasteiger partial charge in [0.15, 0.2) is 0 Å². The zero-order valence-electron chi connectivity index (χ0n) is 23.9. The van der Waals surface area contributed by atoms with Crippen molar-refractivity contribution in [2.24, 2.45) is 0 Å². The molecule has 0 saturated heterocycles. The van der Waals surface area contributed by atoms with E-state index >= 15 is 0 Å². The number of unbranched alkanes of at least 4 members (excludes halogenated alkanes) is 2. The minimum atomic E-state index is 1.12. The number of benzene rings is 2. The molecule has 0 aromatic heterocycles. The zero-order chi connectivity index (χ0) is 25.8. The molecular formula is C32H50S3. The smallest absolute Gasteiger partial charge is 0.0160 e. The second kappa shape index (κ2) is 16.4. The number of thioether (sulfide) groups is 2. The average molecular weight is 531 g/mol. The highest BCUT2D eigenvalue weighted by Crippen LogP contribution is 2.44. The van der Waals surface area contributed by atoms with Gasteiger partial charge in [0.1, 0.15) is 0 Å². The van der Waals surface area contributed by atoms with E-state index in [1.165, 1.54) is 47.0 Å². The molecule has 0 atom stereocenters. The molecule has 0 spiro atoms. The van der Waals surface area contributed by atoms with E-state index < -0.39 is 0 Å². The Bertz CT molecular complexity index is 854. The van der Waals surface area contributed by atoms with Crippen molar-refractivity contribution in [1.29, 1.82) is 0 Å². The molecule has 0 nitrogen and oxygen atoms in total. The van der Waals surface area contributed by atoms with E-state index in [1.54, 1.807) is 43.2 Å². The molecule has 2 aromatic carbocycles. The zero-order valence-corrected chi connectivity index (χ0v) is 26.3. The largest absolute Gasteiger partial charge is 0.126 e. The summed E-state index contributed by atoms with van der Waals surface area (Å²) in [5.41, 5.74) is 9.53. The highest BCUT2D eigenvalue weighted by Gasteiger charge is 2.20. The lowest BCUT2D eigenvalue weighted by atomic mass is 9.98. The standard InChI is InChI=1S/C32H50S3/c1-9-17-19-33-31-23(11-3)21-29(25(13-5)27(31)15-7)35-30-22-24(12-4)32(34-20-18-10-2)28(16-8)26(30)14-6/h21-22H,9-20H2,1-8H3. The van der Waals surface area contributed by atoms with E-state index in [9.17, 15) is 0 Å². The Morgan fingerprint density at radius 1 is 0.486 bits per heavy atom. The SMILES string of the molecule is CCCCSc1c(CC)cc(Sc2cc(CC)c(SCCCC)c(CC)c2CC)c(CC)c1CC. The van der Waals surface area contributed by atoms with Crippen LogP contribution in [0.2, 0.25) is 0 Å². The number of hydrogen-bond acceptors (Lipinski definition) is 3. The fourth-order valence-electron chi connectivity index (χ4n) is 4.93. The summed E-state index contributed by atoms with van der Waals surface area (Å²) in [7, 11) is 0. The molecule has 0 heterocycles. The summed E-state index contributed by atoms with van der Waals surface area (Å²) in [6.45, 7) is 18.7. The second-order valence-corrected chi connectivity index (χ2v) is 12.6. The molecule has 196 valence electrons. The van der Waals surface area contributed by atoms with Gasteiger partial charge in [-0.2, -0.15) is 0 Å². The Hall–Kier alpha value is -0.510. The van der Waals surface area contributed by atoms with Crippen molar-refractivity contribution in [2.45, 2.75) is 139 Å². The summed E-state index contributed by atoms with van der Waals surface area (Å²) in [5.74, 6) is 2.48. The molecule has 2 aromatic rings. The fraction of sp³-hybridized carbons (Fsp3) is 0.625. The highest BCUT2D eigenvalue weighted by molar-refractivity contribution is 8.00. The van der Waals surface area contributed by atoms with Gasteiger partial charge in [-0.05, 0) is 108 Å². The van der Waals surface area contributed by atoms with Gasteiger partial charge in [-0.1, -0.05) is 80.0 Å². The summed E-state index contributed by atoms with van der Waals surface area (Å²) < 4.78 is 0. The van der Waals surface area contributed by atoms with Crippen LogP contribution in [0.4, 0.5) is 0 Å². The van der Waals surface area contributed by atoms with Gasteiger partial charge in [0.2, 0.25) is 0 Å². The lowest BCUT2D eigenvalue weighted by molar-refractivity contribution is 0.887. The van der Waals surface area contributed by atoms with Gasteiger partial charge in [-0.25, -0.2) is 0 Å². The van der Waals surface area contributed by atoms with Crippen LogP contribution < -0.4 is 0 Å². The first-order valence-corrected chi connectivity index (χ1v) is 17.1. The number of rotatable bonds is 16. The molecule has 0 radical (unpaired) electrons. The maximum absolute atomic E-state index is 2.55. The van der Waals surface area contributed by atoms with E-state index in [2.05, 4.69) is 103 Å². The first-order valence-electron chi connectivity index (χ1n) is 14.3. The van der Waals surface area contributed by atoms with Gasteiger partial charge in [-0.3, -0.25) is 0 Å². The van der Waals surface area contributed by atoms with Crippen molar-refractivity contribution in [3.8, 4) is 0 Å². The van der Waals surface area contributed by atoms with Gasteiger partial charge in [0.25, 0.3) is 0 Å². The maximum Gasteiger partial charge on any atom is 0.0160 e.